The van der Waals surface area contributed by atoms with Gasteiger partial charge in [-0.2, -0.15) is 0 Å². The molecule has 2 N–H and O–H groups in total. The summed E-state index contributed by atoms with van der Waals surface area (Å²) in [6, 6.07) is 11.5. The largest absolute Gasteiger partial charge is 0.349 e. The minimum Gasteiger partial charge on any atom is -0.349 e. The standard InChI is InChI=1S/C19H19N5O2/c1-12-4-6-14(7-5-12)24-11-13(9-17(24)25)19(26)21-10-16-22-15-3-2-8-20-18(15)23-16/h2-8,13H,9-11H2,1H3,(H,21,26)(H,20,22,23)/t13-/m0/s1. The van der Waals surface area contributed by atoms with Crippen LogP contribution in [0.1, 0.15) is 17.8 Å². The predicted octanol–water partition coefficient (Wildman–Crippen LogP) is 1.94. The number of H-pyrrole nitrogens is 1. The van der Waals surface area contributed by atoms with E-state index in [2.05, 4.69) is 20.3 Å². The Balaban J connectivity index is 1.39. The first-order valence-electron chi connectivity index (χ1n) is 8.54. The van der Waals surface area contributed by atoms with Crippen LogP contribution >= 0.6 is 0 Å². The Kier molecular flexibility index (Phi) is 4.12. The maximum Gasteiger partial charge on any atom is 0.227 e. The molecule has 7 heteroatoms. The van der Waals surface area contributed by atoms with E-state index in [0.717, 1.165) is 16.8 Å². The number of anilines is 1. The van der Waals surface area contributed by atoms with Crippen LogP contribution in [-0.4, -0.2) is 33.3 Å². The molecule has 3 aromatic rings. The van der Waals surface area contributed by atoms with Gasteiger partial charge in [-0.1, -0.05) is 17.7 Å². The number of amides is 2. The topological polar surface area (TPSA) is 91.0 Å². The van der Waals surface area contributed by atoms with Crippen LogP contribution < -0.4 is 10.2 Å². The lowest BCUT2D eigenvalue weighted by Gasteiger charge is -2.16. The fourth-order valence-electron chi connectivity index (χ4n) is 3.15. The first kappa shape index (κ1) is 16.3. The molecule has 1 fully saturated rings. The highest BCUT2D eigenvalue weighted by atomic mass is 16.2. The molecule has 1 saturated heterocycles. The minimum atomic E-state index is -0.355. The number of hydrogen-bond acceptors (Lipinski definition) is 4. The first-order valence-corrected chi connectivity index (χ1v) is 8.54. The lowest BCUT2D eigenvalue weighted by atomic mass is 10.1. The summed E-state index contributed by atoms with van der Waals surface area (Å²) in [6.45, 7) is 2.68. The maximum atomic E-state index is 12.5. The van der Waals surface area contributed by atoms with Crippen molar-refractivity contribution in [3.05, 3.63) is 54.0 Å². The van der Waals surface area contributed by atoms with E-state index in [1.54, 1.807) is 11.1 Å². The molecular formula is C19H19N5O2. The van der Waals surface area contributed by atoms with Crippen LogP contribution in [0.2, 0.25) is 0 Å². The molecule has 0 bridgehead atoms. The van der Waals surface area contributed by atoms with E-state index in [4.69, 9.17) is 0 Å². The summed E-state index contributed by atoms with van der Waals surface area (Å²) in [7, 11) is 0. The maximum absolute atomic E-state index is 12.5. The number of rotatable bonds is 4. The third-order valence-electron chi connectivity index (χ3n) is 4.58. The molecule has 0 unspecified atom stereocenters. The van der Waals surface area contributed by atoms with Crippen LogP contribution in [0.3, 0.4) is 0 Å². The highest BCUT2D eigenvalue weighted by Gasteiger charge is 2.35. The molecule has 0 saturated carbocycles. The van der Waals surface area contributed by atoms with Gasteiger partial charge in [-0.3, -0.25) is 9.59 Å². The second kappa shape index (κ2) is 6.59. The number of nitrogens with zero attached hydrogens (tertiary/aromatic N) is 3. The van der Waals surface area contributed by atoms with E-state index in [1.165, 1.54) is 0 Å². The Bertz CT molecular complexity index is 930. The van der Waals surface area contributed by atoms with E-state index in [9.17, 15) is 9.59 Å². The van der Waals surface area contributed by atoms with Crippen LogP contribution in [0, 0.1) is 12.8 Å². The summed E-state index contributed by atoms with van der Waals surface area (Å²) in [5, 5.41) is 2.86. The normalized spacial score (nSPS) is 17.0. The van der Waals surface area contributed by atoms with E-state index in [0.29, 0.717) is 18.0 Å². The van der Waals surface area contributed by atoms with Crippen molar-refractivity contribution in [1.29, 1.82) is 0 Å². The van der Waals surface area contributed by atoms with Crippen molar-refractivity contribution in [2.24, 2.45) is 5.92 Å². The average Bonchev–Trinajstić information content (AvgIpc) is 3.23. The van der Waals surface area contributed by atoms with Crippen molar-refractivity contribution in [2.45, 2.75) is 19.9 Å². The number of pyridine rings is 1. The Morgan fingerprint density at radius 2 is 2.12 bits per heavy atom. The van der Waals surface area contributed by atoms with Crippen molar-refractivity contribution in [3.63, 3.8) is 0 Å². The predicted molar refractivity (Wildman–Crippen MR) is 97.4 cm³/mol. The second-order valence-corrected chi connectivity index (χ2v) is 6.52. The third kappa shape index (κ3) is 3.15. The molecular weight excluding hydrogens is 330 g/mol. The first-order chi connectivity index (χ1) is 12.6. The Morgan fingerprint density at radius 3 is 2.88 bits per heavy atom. The van der Waals surface area contributed by atoms with Gasteiger partial charge in [0.15, 0.2) is 5.65 Å². The van der Waals surface area contributed by atoms with Gasteiger partial charge in [0.05, 0.1) is 18.0 Å². The molecule has 3 heterocycles. The van der Waals surface area contributed by atoms with Crippen molar-refractivity contribution < 1.29 is 9.59 Å². The van der Waals surface area contributed by atoms with Crippen molar-refractivity contribution in [1.82, 2.24) is 20.3 Å². The van der Waals surface area contributed by atoms with Gasteiger partial charge < -0.3 is 15.2 Å². The number of imidazole rings is 1. The number of benzene rings is 1. The lowest BCUT2D eigenvalue weighted by molar-refractivity contribution is -0.126. The molecule has 0 spiro atoms. The van der Waals surface area contributed by atoms with Crippen molar-refractivity contribution >= 4 is 28.7 Å². The Labute approximate surface area is 150 Å². The van der Waals surface area contributed by atoms with Gasteiger partial charge in [0.2, 0.25) is 11.8 Å². The molecule has 7 nitrogen and oxygen atoms in total. The van der Waals surface area contributed by atoms with E-state index < -0.39 is 0 Å². The number of carbonyl (C=O) groups is 2. The monoisotopic (exact) mass is 349 g/mol. The number of fused-ring (bicyclic) bond motifs is 1. The highest BCUT2D eigenvalue weighted by molar-refractivity contribution is 6.00. The van der Waals surface area contributed by atoms with E-state index >= 15 is 0 Å². The summed E-state index contributed by atoms with van der Waals surface area (Å²) in [5.74, 6) is 0.126. The van der Waals surface area contributed by atoms with E-state index in [1.807, 2.05) is 43.3 Å². The number of aromatic nitrogens is 3. The molecule has 2 amide bonds. The summed E-state index contributed by atoms with van der Waals surface area (Å²) in [5.41, 5.74) is 3.42. The molecule has 132 valence electrons. The zero-order chi connectivity index (χ0) is 18.1. The van der Waals surface area contributed by atoms with Gasteiger partial charge in [-0.25, -0.2) is 9.97 Å². The number of hydrogen-bond donors (Lipinski definition) is 2. The van der Waals surface area contributed by atoms with Crippen LogP contribution in [0.15, 0.2) is 42.6 Å². The minimum absolute atomic E-state index is 0.0260. The molecule has 4 rings (SSSR count). The summed E-state index contributed by atoms with van der Waals surface area (Å²) >= 11 is 0. The van der Waals surface area contributed by atoms with Gasteiger partial charge in [-0.05, 0) is 31.2 Å². The van der Waals surface area contributed by atoms with Crippen LogP contribution in [0.4, 0.5) is 5.69 Å². The lowest BCUT2D eigenvalue weighted by Crippen LogP contribution is -2.32. The molecule has 1 aliphatic heterocycles. The highest BCUT2D eigenvalue weighted by Crippen LogP contribution is 2.25. The number of nitrogens with one attached hydrogen (secondary N) is 2. The smallest absolute Gasteiger partial charge is 0.227 e. The van der Waals surface area contributed by atoms with Crippen LogP contribution in [-0.2, 0) is 16.1 Å². The molecule has 0 radical (unpaired) electrons. The van der Waals surface area contributed by atoms with Crippen LogP contribution in [0.25, 0.3) is 11.2 Å². The molecule has 26 heavy (non-hydrogen) atoms. The molecule has 2 aromatic heterocycles. The fraction of sp³-hybridized carbons (Fsp3) is 0.263. The van der Waals surface area contributed by atoms with Gasteiger partial charge in [0.25, 0.3) is 0 Å². The second-order valence-electron chi connectivity index (χ2n) is 6.52. The van der Waals surface area contributed by atoms with Crippen molar-refractivity contribution in [2.75, 3.05) is 11.4 Å². The molecule has 1 aliphatic rings. The molecule has 0 aliphatic carbocycles. The van der Waals surface area contributed by atoms with Gasteiger partial charge in [0, 0.05) is 24.8 Å². The Hall–Kier alpha value is -3.22. The summed E-state index contributed by atoms with van der Waals surface area (Å²) in [6.07, 6.45) is 1.90. The number of carbonyl (C=O) groups excluding carboxylic acids is 2. The summed E-state index contributed by atoms with van der Waals surface area (Å²) < 4.78 is 0. The molecule has 1 atom stereocenters. The Morgan fingerprint density at radius 1 is 1.31 bits per heavy atom. The average molecular weight is 349 g/mol. The van der Waals surface area contributed by atoms with Gasteiger partial charge in [-0.15, -0.1) is 0 Å². The number of aryl methyl sites for hydroxylation is 1. The third-order valence-corrected chi connectivity index (χ3v) is 4.58. The van der Waals surface area contributed by atoms with Crippen LogP contribution in [0.5, 0.6) is 0 Å². The van der Waals surface area contributed by atoms with Crippen molar-refractivity contribution in [3.8, 4) is 0 Å². The quantitative estimate of drug-likeness (QED) is 0.753. The van der Waals surface area contributed by atoms with Gasteiger partial charge in [0.1, 0.15) is 5.82 Å². The fourth-order valence-corrected chi connectivity index (χ4v) is 3.15. The summed E-state index contributed by atoms with van der Waals surface area (Å²) in [4.78, 5) is 38.0. The molecule has 1 aromatic carbocycles. The zero-order valence-corrected chi connectivity index (χ0v) is 14.4. The van der Waals surface area contributed by atoms with Gasteiger partial charge >= 0.3 is 0 Å². The van der Waals surface area contributed by atoms with E-state index in [-0.39, 0.29) is 30.7 Å². The zero-order valence-electron chi connectivity index (χ0n) is 14.4. The number of aromatic amines is 1. The SMILES string of the molecule is Cc1ccc(N2C[C@@H](C(=O)NCc3nc4ncccc4[nH]3)CC2=O)cc1.